The number of carbonyl (C=O) groups excluding carboxylic acids is 1. The molecule has 2 heterocycles. The molecule has 0 unspecified atom stereocenters. The first kappa shape index (κ1) is 21.4. The maximum Gasteiger partial charge on any atom is 0.251 e. The smallest absolute Gasteiger partial charge is 0.251 e. The van der Waals surface area contributed by atoms with Gasteiger partial charge in [-0.3, -0.25) is 9.48 Å². The predicted octanol–water partition coefficient (Wildman–Crippen LogP) is 0.765. The van der Waals surface area contributed by atoms with Gasteiger partial charge in [0.25, 0.3) is 5.91 Å². The largest absolute Gasteiger partial charge is 0.350 e. The summed E-state index contributed by atoms with van der Waals surface area (Å²) in [5.41, 5.74) is 0.318. The molecule has 148 valence electrons. The molecule has 0 atom stereocenters. The Labute approximate surface area is 165 Å². The fourth-order valence-electron chi connectivity index (χ4n) is 2.85. The number of halogens is 1. The van der Waals surface area contributed by atoms with Crippen LogP contribution < -0.4 is 15.4 Å². The van der Waals surface area contributed by atoms with Gasteiger partial charge in [-0.25, -0.2) is 13.1 Å². The molecule has 0 radical (unpaired) electrons. The molecule has 2 aromatic rings. The number of hydrogen-bond donors (Lipinski definition) is 3. The number of carbonyl (C=O) groups is 1. The third-order valence-corrected chi connectivity index (χ3v) is 5.77. The predicted molar refractivity (Wildman–Crippen MR) is 104 cm³/mol. The van der Waals surface area contributed by atoms with Crippen LogP contribution in [-0.2, 0) is 16.6 Å². The zero-order chi connectivity index (χ0) is 18.4. The molecule has 3 N–H and O–H groups in total. The molecule has 10 heteroatoms. The second kappa shape index (κ2) is 9.84. The van der Waals surface area contributed by atoms with E-state index >= 15 is 0 Å². The third-order valence-electron chi connectivity index (χ3n) is 4.25. The molecule has 3 rings (SSSR count). The Hall–Kier alpha value is -1.94. The van der Waals surface area contributed by atoms with Gasteiger partial charge >= 0.3 is 0 Å². The van der Waals surface area contributed by atoms with Gasteiger partial charge in [-0.2, -0.15) is 5.10 Å². The summed E-state index contributed by atoms with van der Waals surface area (Å²) >= 11 is 0. The standard InChI is InChI=1S/C17H23N5O3S.ClH/c23-17(19-10-12-22-11-2-7-20-22)14-3-1-4-16(13-14)26(24,25)21-15-5-8-18-9-6-15;/h1-4,7,11,13,15,18,21H,5-6,8-10,12H2,(H,19,23);1H. The molecule has 1 aliphatic heterocycles. The van der Waals surface area contributed by atoms with Crippen LogP contribution in [0.2, 0.25) is 0 Å². The average Bonchev–Trinajstić information content (AvgIpc) is 3.16. The molecule has 0 bridgehead atoms. The highest BCUT2D eigenvalue weighted by Gasteiger charge is 2.22. The number of amides is 1. The van der Waals surface area contributed by atoms with E-state index in [2.05, 4.69) is 20.5 Å². The second-order valence-electron chi connectivity index (χ2n) is 6.20. The summed E-state index contributed by atoms with van der Waals surface area (Å²) in [6.07, 6.45) is 5.00. The number of piperidine rings is 1. The maximum atomic E-state index is 12.6. The van der Waals surface area contributed by atoms with E-state index in [9.17, 15) is 13.2 Å². The van der Waals surface area contributed by atoms with Gasteiger partial charge in [-0.15, -0.1) is 12.4 Å². The highest BCUT2D eigenvalue weighted by atomic mass is 35.5. The zero-order valence-electron chi connectivity index (χ0n) is 14.8. The lowest BCUT2D eigenvalue weighted by molar-refractivity contribution is 0.0951. The van der Waals surface area contributed by atoms with Crippen molar-refractivity contribution < 1.29 is 13.2 Å². The molecular weight excluding hydrogens is 390 g/mol. The lowest BCUT2D eigenvalue weighted by Gasteiger charge is -2.23. The highest BCUT2D eigenvalue weighted by molar-refractivity contribution is 7.89. The molecule has 1 aromatic heterocycles. The summed E-state index contributed by atoms with van der Waals surface area (Å²) in [5, 5.41) is 10.0. The van der Waals surface area contributed by atoms with Crippen molar-refractivity contribution in [3.8, 4) is 0 Å². The zero-order valence-corrected chi connectivity index (χ0v) is 16.4. The maximum absolute atomic E-state index is 12.6. The van der Waals surface area contributed by atoms with Gasteiger partial charge in [0.05, 0.1) is 11.4 Å². The van der Waals surface area contributed by atoms with Crippen LogP contribution in [0, 0.1) is 0 Å². The first-order valence-electron chi connectivity index (χ1n) is 8.63. The van der Waals surface area contributed by atoms with E-state index in [1.165, 1.54) is 12.1 Å². The van der Waals surface area contributed by atoms with Crippen LogP contribution >= 0.6 is 12.4 Å². The Morgan fingerprint density at radius 3 is 2.74 bits per heavy atom. The molecule has 1 amide bonds. The summed E-state index contributed by atoms with van der Waals surface area (Å²) < 4.78 is 29.6. The molecule has 1 aliphatic rings. The summed E-state index contributed by atoms with van der Waals surface area (Å²) in [6, 6.07) is 7.83. The van der Waals surface area contributed by atoms with Crippen LogP contribution in [0.25, 0.3) is 0 Å². The minimum atomic E-state index is -3.64. The molecule has 8 nitrogen and oxygen atoms in total. The molecular formula is C17H24ClN5O3S. The highest BCUT2D eigenvalue weighted by Crippen LogP contribution is 2.14. The van der Waals surface area contributed by atoms with Gasteiger partial charge < -0.3 is 10.6 Å². The lowest BCUT2D eigenvalue weighted by atomic mass is 10.1. The third kappa shape index (κ3) is 6.03. The van der Waals surface area contributed by atoms with Crippen molar-refractivity contribution in [1.29, 1.82) is 0 Å². The van der Waals surface area contributed by atoms with Gasteiger partial charge in [0.1, 0.15) is 0 Å². The molecule has 1 aromatic carbocycles. The van der Waals surface area contributed by atoms with Crippen LogP contribution in [-0.4, -0.2) is 49.8 Å². The van der Waals surface area contributed by atoms with E-state index in [4.69, 9.17) is 0 Å². The number of nitrogens with one attached hydrogen (secondary N) is 3. The van der Waals surface area contributed by atoms with Crippen molar-refractivity contribution in [2.45, 2.75) is 30.3 Å². The van der Waals surface area contributed by atoms with Gasteiger partial charge in [-0.05, 0) is 50.2 Å². The summed E-state index contributed by atoms with van der Waals surface area (Å²) in [4.78, 5) is 12.4. The normalized spacial score (nSPS) is 15.1. The van der Waals surface area contributed by atoms with E-state index in [0.29, 0.717) is 18.7 Å². The van der Waals surface area contributed by atoms with Crippen LogP contribution in [0.15, 0.2) is 47.6 Å². The summed E-state index contributed by atoms with van der Waals surface area (Å²) in [7, 11) is -3.64. The van der Waals surface area contributed by atoms with Crippen molar-refractivity contribution >= 4 is 28.3 Å². The number of hydrogen-bond acceptors (Lipinski definition) is 5. The minimum absolute atomic E-state index is 0. The number of rotatable bonds is 7. The second-order valence-corrected chi connectivity index (χ2v) is 7.91. The molecule has 0 saturated carbocycles. The Morgan fingerprint density at radius 2 is 2.04 bits per heavy atom. The monoisotopic (exact) mass is 413 g/mol. The SMILES string of the molecule is Cl.O=C(NCCn1cccn1)c1cccc(S(=O)(=O)NC2CCNCC2)c1. The van der Waals surface area contributed by atoms with Crippen molar-refractivity contribution in [2.24, 2.45) is 0 Å². The summed E-state index contributed by atoms with van der Waals surface area (Å²) in [6.45, 7) is 2.55. The van der Waals surface area contributed by atoms with Gasteiger partial charge in [-0.1, -0.05) is 6.07 Å². The van der Waals surface area contributed by atoms with E-state index in [1.807, 2.05) is 12.3 Å². The van der Waals surface area contributed by atoms with E-state index in [-0.39, 0.29) is 29.3 Å². The number of benzene rings is 1. The number of aromatic nitrogens is 2. The molecule has 1 saturated heterocycles. The average molecular weight is 414 g/mol. The van der Waals surface area contributed by atoms with Gasteiger partial charge in [0.15, 0.2) is 0 Å². The van der Waals surface area contributed by atoms with Crippen molar-refractivity contribution in [2.75, 3.05) is 19.6 Å². The van der Waals surface area contributed by atoms with Crippen LogP contribution in [0.4, 0.5) is 0 Å². The van der Waals surface area contributed by atoms with Crippen LogP contribution in [0.1, 0.15) is 23.2 Å². The van der Waals surface area contributed by atoms with E-state index < -0.39 is 10.0 Å². The van der Waals surface area contributed by atoms with Crippen LogP contribution in [0.3, 0.4) is 0 Å². The van der Waals surface area contributed by atoms with Crippen molar-refractivity contribution in [1.82, 2.24) is 25.1 Å². The fourth-order valence-corrected chi connectivity index (χ4v) is 4.20. The molecule has 0 spiro atoms. The Balaban J connectivity index is 0.00000261. The lowest BCUT2D eigenvalue weighted by Crippen LogP contribution is -2.42. The number of nitrogens with zero attached hydrogens (tertiary/aromatic N) is 2. The molecule has 1 fully saturated rings. The quantitative estimate of drug-likeness (QED) is 0.621. The van der Waals surface area contributed by atoms with Crippen molar-refractivity contribution in [3.05, 3.63) is 48.3 Å². The Bertz CT molecular complexity index is 836. The summed E-state index contributed by atoms with van der Waals surface area (Å²) in [5.74, 6) is -0.309. The fraction of sp³-hybridized carbons (Fsp3) is 0.412. The Morgan fingerprint density at radius 1 is 1.26 bits per heavy atom. The van der Waals surface area contributed by atoms with Gasteiger partial charge in [0, 0.05) is 30.5 Å². The first-order chi connectivity index (χ1) is 12.5. The van der Waals surface area contributed by atoms with E-state index in [1.54, 1.807) is 23.0 Å². The number of sulfonamides is 1. The van der Waals surface area contributed by atoms with Gasteiger partial charge in [0.2, 0.25) is 10.0 Å². The van der Waals surface area contributed by atoms with Crippen LogP contribution in [0.5, 0.6) is 0 Å². The Kier molecular flexibility index (Phi) is 7.78. The first-order valence-corrected chi connectivity index (χ1v) is 10.1. The molecule has 0 aliphatic carbocycles. The topological polar surface area (TPSA) is 105 Å². The van der Waals surface area contributed by atoms with Crippen molar-refractivity contribution in [3.63, 3.8) is 0 Å². The van der Waals surface area contributed by atoms with E-state index in [0.717, 1.165) is 25.9 Å². The minimum Gasteiger partial charge on any atom is -0.350 e. The molecule has 27 heavy (non-hydrogen) atoms.